The Hall–Kier alpha value is -1.52. The van der Waals surface area contributed by atoms with E-state index in [9.17, 15) is 26.3 Å². The molecular weight excluding hydrogens is 427 g/mol. The van der Waals surface area contributed by atoms with Crippen LogP contribution in [-0.4, -0.2) is 11.3 Å². The minimum absolute atomic E-state index is 0.233. The van der Waals surface area contributed by atoms with E-state index in [-0.39, 0.29) is 9.26 Å². The predicted octanol–water partition coefficient (Wildman–Crippen LogP) is 5.27. The van der Waals surface area contributed by atoms with Gasteiger partial charge in [-0.15, -0.1) is 13.2 Å². The smallest absolute Gasteiger partial charge is 0.406 e. The number of aromatic nitrogens is 1. The number of hydrogen-bond donors (Lipinski definition) is 0. The summed E-state index contributed by atoms with van der Waals surface area (Å²) >= 11 is 1.69. The number of halogens is 7. The number of alkyl halides is 6. The van der Waals surface area contributed by atoms with Gasteiger partial charge in [-0.2, -0.15) is 13.2 Å². The molecule has 0 unspecified atom stereocenters. The van der Waals surface area contributed by atoms with Crippen LogP contribution in [-0.2, 0) is 6.18 Å². The summed E-state index contributed by atoms with van der Waals surface area (Å²) in [6.45, 7) is 0. The van der Waals surface area contributed by atoms with Gasteiger partial charge in [0, 0.05) is 15.3 Å². The number of rotatable bonds is 2. The normalized spacial score (nSPS) is 12.3. The molecule has 22 heavy (non-hydrogen) atoms. The van der Waals surface area contributed by atoms with Crippen molar-refractivity contribution in [2.75, 3.05) is 0 Å². The van der Waals surface area contributed by atoms with Gasteiger partial charge in [0.25, 0.3) is 0 Å². The van der Waals surface area contributed by atoms with Gasteiger partial charge in [-0.05, 0) is 52.9 Å². The van der Waals surface area contributed by atoms with Gasteiger partial charge in [0.15, 0.2) is 0 Å². The highest BCUT2D eigenvalue weighted by atomic mass is 127. The van der Waals surface area contributed by atoms with Crippen LogP contribution >= 0.6 is 22.6 Å². The van der Waals surface area contributed by atoms with Crippen molar-refractivity contribution in [2.24, 2.45) is 0 Å². The zero-order valence-corrected chi connectivity index (χ0v) is 12.6. The van der Waals surface area contributed by atoms with E-state index in [1.807, 2.05) is 0 Å². The summed E-state index contributed by atoms with van der Waals surface area (Å²) in [4.78, 5) is 3.73. The van der Waals surface area contributed by atoms with E-state index < -0.39 is 23.9 Å². The second-order valence-corrected chi connectivity index (χ2v) is 5.29. The van der Waals surface area contributed by atoms with Crippen molar-refractivity contribution in [2.45, 2.75) is 12.5 Å². The number of benzene rings is 1. The summed E-state index contributed by atoms with van der Waals surface area (Å²) in [6, 6.07) is 5.64. The van der Waals surface area contributed by atoms with E-state index in [1.54, 1.807) is 22.6 Å². The lowest BCUT2D eigenvalue weighted by molar-refractivity contribution is -0.274. The van der Waals surface area contributed by atoms with E-state index in [0.29, 0.717) is 11.8 Å². The lowest BCUT2D eigenvalue weighted by atomic mass is 10.1. The maximum Gasteiger partial charge on any atom is 0.573 e. The molecule has 0 spiro atoms. The fourth-order valence-electron chi connectivity index (χ4n) is 1.62. The molecule has 0 N–H and O–H groups in total. The highest BCUT2D eigenvalue weighted by molar-refractivity contribution is 14.1. The van der Waals surface area contributed by atoms with Crippen LogP contribution in [0, 0.1) is 3.57 Å². The van der Waals surface area contributed by atoms with Crippen LogP contribution in [0.25, 0.3) is 11.3 Å². The molecule has 2 nitrogen and oxygen atoms in total. The fraction of sp³-hybridized carbons (Fsp3) is 0.154. The Morgan fingerprint density at radius 1 is 0.955 bits per heavy atom. The van der Waals surface area contributed by atoms with Gasteiger partial charge >= 0.3 is 12.5 Å². The SMILES string of the molecule is FC(F)(F)Oc1ccc(-c2ncc(C(F)(F)F)cc2I)cc1. The Balaban J connectivity index is 2.29. The standard InChI is InChI=1S/C13H6F6INO/c14-12(15,16)8-5-10(20)11(21-6-8)7-1-3-9(4-2-7)22-13(17,18)19/h1-6H. The van der Waals surface area contributed by atoms with Gasteiger partial charge in [-0.3, -0.25) is 4.98 Å². The molecule has 2 rings (SSSR count). The Bertz CT molecular complexity index is 666. The Labute approximate surface area is 134 Å². The molecule has 0 bridgehead atoms. The number of nitrogens with zero attached hydrogens (tertiary/aromatic N) is 1. The molecule has 0 aliphatic carbocycles. The summed E-state index contributed by atoms with van der Waals surface area (Å²) in [7, 11) is 0. The third-order valence-corrected chi connectivity index (χ3v) is 3.35. The average molecular weight is 433 g/mol. The molecule has 0 atom stereocenters. The number of pyridine rings is 1. The predicted molar refractivity (Wildman–Crippen MR) is 74.1 cm³/mol. The Morgan fingerprint density at radius 3 is 2.00 bits per heavy atom. The monoisotopic (exact) mass is 433 g/mol. The molecule has 1 aromatic heterocycles. The van der Waals surface area contributed by atoms with Crippen molar-refractivity contribution >= 4 is 22.6 Å². The third-order valence-electron chi connectivity index (χ3n) is 2.53. The van der Waals surface area contributed by atoms with E-state index in [2.05, 4.69) is 9.72 Å². The summed E-state index contributed by atoms with van der Waals surface area (Å²) in [6.07, 6.45) is -8.63. The van der Waals surface area contributed by atoms with Crippen molar-refractivity contribution in [3.8, 4) is 17.0 Å². The van der Waals surface area contributed by atoms with Gasteiger partial charge in [0.2, 0.25) is 0 Å². The number of hydrogen-bond acceptors (Lipinski definition) is 2. The summed E-state index contributed by atoms with van der Waals surface area (Å²) in [5.74, 6) is -0.418. The van der Waals surface area contributed by atoms with Gasteiger partial charge < -0.3 is 4.74 Å². The van der Waals surface area contributed by atoms with E-state index in [4.69, 9.17) is 0 Å². The van der Waals surface area contributed by atoms with Crippen molar-refractivity contribution in [1.82, 2.24) is 4.98 Å². The van der Waals surface area contributed by atoms with Crippen molar-refractivity contribution in [3.63, 3.8) is 0 Å². The Kier molecular flexibility index (Phi) is 4.54. The summed E-state index contributed by atoms with van der Waals surface area (Å²) in [5.41, 5.74) is -0.266. The molecule has 0 aliphatic rings. The average Bonchev–Trinajstić information content (AvgIpc) is 2.37. The lowest BCUT2D eigenvalue weighted by Crippen LogP contribution is -2.16. The summed E-state index contributed by atoms with van der Waals surface area (Å²) < 4.78 is 77.7. The maximum atomic E-state index is 12.5. The van der Waals surface area contributed by atoms with Crippen LogP contribution in [0.3, 0.4) is 0 Å². The molecule has 118 valence electrons. The first kappa shape index (κ1) is 16.8. The second kappa shape index (κ2) is 5.94. The van der Waals surface area contributed by atoms with Crippen molar-refractivity contribution in [3.05, 3.63) is 45.7 Å². The molecule has 0 radical (unpaired) electrons. The van der Waals surface area contributed by atoms with Crippen LogP contribution in [0.15, 0.2) is 36.5 Å². The van der Waals surface area contributed by atoms with Crippen LogP contribution in [0.1, 0.15) is 5.56 Å². The summed E-state index contributed by atoms with van der Waals surface area (Å²) in [5, 5.41) is 0. The van der Waals surface area contributed by atoms with Crippen LogP contribution in [0.2, 0.25) is 0 Å². The van der Waals surface area contributed by atoms with Crippen molar-refractivity contribution in [1.29, 1.82) is 0 Å². The molecule has 0 aliphatic heterocycles. The number of ether oxygens (including phenoxy) is 1. The van der Waals surface area contributed by atoms with E-state index >= 15 is 0 Å². The second-order valence-electron chi connectivity index (χ2n) is 4.12. The molecule has 0 amide bonds. The Morgan fingerprint density at radius 2 is 1.55 bits per heavy atom. The maximum absolute atomic E-state index is 12.5. The van der Waals surface area contributed by atoms with Crippen LogP contribution in [0.5, 0.6) is 5.75 Å². The van der Waals surface area contributed by atoms with Gasteiger partial charge in [0.05, 0.1) is 11.3 Å². The topological polar surface area (TPSA) is 22.1 Å². The zero-order valence-electron chi connectivity index (χ0n) is 10.5. The van der Waals surface area contributed by atoms with Crippen molar-refractivity contribution < 1.29 is 31.1 Å². The molecule has 1 heterocycles. The first-order valence-corrected chi connectivity index (χ1v) is 6.73. The molecule has 9 heteroatoms. The molecule has 0 fully saturated rings. The first-order chi connectivity index (χ1) is 10.1. The van der Waals surface area contributed by atoms with Gasteiger partial charge in [-0.1, -0.05) is 0 Å². The third kappa shape index (κ3) is 4.24. The lowest BCUT2D eigenvalue weighted by Gasteiger charge is -2.11. The minimum atomic E-state index is -4.80. The van der Waals surface area contributed by atoms with Gasteiger partial charge in [0.1, 0.15) is 5.75 Å². The largest absolute Gasteiger partial charge is 0.573 e. The van der Waals surface area contributed by atoms with Crippen LogP contribution in [0.4, 0.5) is 26.3 Å². The molecule has 0 saturated heterocycles. The first-order valence-electron chi connectivity index (χ1n) is 5.65. The molecule has 1 aromatic carbocycles. The quantitative estimate of drug-likeness (QED) is 0.476. The highest BCUT2D eigenvalue weighted by Crippen LogP contribution is 2.33. The van der Waals surface area contributed by atoms with Gasteiger partial charge in [-0.25, -0.2) is 0 Å². The molecule has 2 aromatic rings. The fourth-order valence-corrected chi connectivity index (χ4v) is 2.41. The molecule has 0 saturated carbocycles. The zero-order chi connectivity index (χ0) is 16.5. The minimum Gasteiger partial charge on any atom is -0.406 e. The van der Waals surface area contributed by atoms with E-state index in [0.717, 1.165) is 18.2 Å². The highest BCUT2D eigenvalue weighted by Gasteiger charge is 2.32. The van der Waals surface area contributed by atoms with E-state index in [1.165, 1.54) is 12.1 Å². The van der Waals surface area contributed by atoms with Crippen LogP contribution < -0.4 is 4.74 Å². The molecular formula is C13H6F6INO.